The van der Waals surface area contributed by atoms with E-state index in [1.54, 1.807) is 4.52 Å². The fraction of sp³-hybridized carbons (Fsp3) is 0.310. The third-order valence-electron chi connectivity index (χ3n) is 7.48. The molecule has 1 saturated heterocycles. The first-order chi connectivity index (χ1) is 17.9. The lowest BCUT2D eigenvalue weighted by Gasteiger charge is -2.35. The smallest absolute Gasteiger partial charge is 0.163 e. The summed E-state index contributed by atoms with van der Waals surface area (Å²) in [6.45, 7) is 2.13. The fourth-order valence-electron chi connectivity index (χ4n) is 5.84. The zero-order valence-electron chi connectivity index (χ0n) is 20.6. The van der Waals surface area contributed by atoms with E-state index in [2.05, 4.69) is 15.0 Å². The van der Waals surface area contributed by atoms with Gasteiger partial charge in [-0.1, -0.05) is 18.2 Å². The van der Waals surface area contributed by atoms with E-state index in [4.69, 9.17) is 4.99 Å². The van der Waals surface area contributed by atoms with Gasteiger partial charge >= 0.3 is 0 Å². The highest BCUT2D eigenvalue weighted by Crippen LogP contribution is 2.30. The number of carbonyl (C=O) groups is 1. The molecule has 8 heteroatoms. The number of piperidine rings is 1. The number of fused-ring (bicyclic) bond motifs is 2. The highest BCUT2D eigenvalue weighted by atomic mass is 19.1. The summed E-state index contributed by atoms with van der Waals surface area (Å²) < 4.78 is 30.2. The van der Waals surface area contributed by atoms with Gasteiger partial charge in [0.25, 0.3) is 0 Å². The molecule has 2 aliphatic rings. The molecule has 0 bridgehead atoms. The van der Waals surface area contributed by atoms with E-state index in [0.29, 0.717) is 24.9 Å². The second kappa shape index (κ2) is 9.59. The van der Waals surface area contributed by atoms with E-state index in [1.165, 1.54) is 24.5 Å². The summed E-state index contributed by atoms with van der Waals surface area (Å²) in [7, 11) is 2.01. The number of Topliss-reactive ketones (excluding diaryl/α,β-unsaturated/α-hetero) is 1. The summed E-state index contributed by atoms with van der Waals surface area (Å²) in [5, 5.41) is 4.15. The van der Waals surface area contributed by atoms with Crippen molar-refractivity contribution in [1.82, 2.24) is 19.5 Å². The number of carbonyl (C=O) groups excluding carboxylic acids is 1. The van der Waals surface area contributed by atoms with Crippen molar-refractivity contribution in [3.8, 4) is 0 Å². The van der Waals surface area contributed by atoms with Crippen LogP contribution in [0.1, 0.15) is 45.5 Å². The van der Waals surface area contributed by atoms with Gasteiger partial charge in [0, 0.05) is 48.0 Å². The molecule has 6 rings (SSSR count). The highest BCUT2D eigenvalue weighted by Gasteiger charge is 2.29. The molecule has 2 unspecified atom stereocenters. The minimum absolute atomic E-state index is 0.0816. The standard InChI is InChI=1S/C29H27F2N5O/c1-35-15-18(10-24-25(30)3-2-4-26(24)31)9-19(16-35)11-27(37)20-5-6-22-14-32-29(23(22)12-20)21-7-8-36-28(13-21)33-17-34-36/h2-8,12-13,17-19H,9-11,14-16H2,1H3. The van der Waals surface area contributed by atoms with Crippen LogP contribution in [0.15, 0.2) is 66.0 Å². The van der Waals surface area contributed by atoms with E-state index < -0.39 is 11.6 Å². The largest absolute Gasteiger partial charge is 0.306 e. The fourth-order valence-corrected chi connectivity index (χ4v) is 5.84. The SMILES string of the molecule is CN1CC(CC(=O)c2ccc3c(c2)C(c2ccn4ncnc4c2)=NC3)CC(Cc2c(F)cccc2F)C1. The van der Waals surface area contributed by atoms with E-state index in [0.717, 1.165) is 47.6 Å². The van der Waals surface area contributed by atoms with Gasteiger partial charge in [0.15, 0.2) is 11.4 Å². The van der Waals surface area contributed by atoms with Gasteiger partial charge in [-0.25, -0.2) is 18.3 Å². The predicted molar refractivity (Wildman–Crippen MR) is 137 cm³/mol. The molecule has 0 N–H and O–H groups in total. The molecule has 0 amide bonds. The van der Waals surface area contributed by atoms with Gasteiger partial charge in [-0.2, -0.15) is 5.10 Å². The van der Waals surface area contributed by atoms with Crippen LogP contribution in [0.4, 0.5) is 8.78 Å². The molecular weight excluding hydrogens is 472 g/mol. The summed E-state index contributed by atoms with van der Waals surface area (Å²) in [5.41, 5.74) is 5.43. The maximum atomic E-state index is 14.2. The number of aromatic nitrogens is 3. The van der Waals surface area contributed by atoms with E-state index in [-0.39, 0.29) is 23.2 Å². The van der Waals surface area contributed by atoms with Crippen LogP contribution in [0.5, 0.6) is 0 Å². The number of halogens is 2. The molecule has 37 heavy (non-hydrogen) atoms. The number of hydrogen-bond donors (Lipinski definition) is 0. The molecule has 1 fully saturated rings. The van der Waals surface area contributed by atoms with Crippen molar-refractivity contribution in [3.05, 3.63) is 101 Å². The molecule has 0 aliphatic carbocycles. The Bertz CT molecular complexity index is 1510. The number of rotatable bonds is 6. The number of nitrogens with zero attached hydrogens (tertiary/aromatic N) is 5. The monoisotopic (exact) mass is 499 g/mol. The van der Waals surface area contributed by atoms with Crippen LogP contribution in [-0.4, -0.2) is 51.1 Å². The third kappa shape index (κ3) is 4.69. The van der Waals surface area contributed by atoms with E-state index in [1.807, 2.05) is 43.6 Å². The number of aliphatic imine (C=N–C) groups is 1. The third-order valence-corrected chi connectivity index (χ3v) is 7.48. The lowest BCUT2D eigenvalue weighted by molar-refractivity contribution is 0.0892. The Hall–Kier alpha value is -3.78. The molecule has 2 aliphatic heterocycles. The Morgan fingerprint density at radius 1 is 1.05 bits per heavy atom. The molecule has 188 valence electrons. The van der Waals surface area contributed by atoms with Crippen LogP contribution in [0.25, 0.3) is 5.65 Å². The molecule has 2 aromatic carbocycles. The van der Waals surface area contributed by atoms with Crippen LogP contribution in [0.2, 0.25) is 0 Å². The zero-order chi connectivity index (χ0) is 25.5. The second-order valence-corrected chi connectivity index (χ2v) is 10.2. The van der Waals surface area contributed by atoms with Gasteiger partial charge in [-0.05, 0) is 67.6 Å². The van der Waals surface area contributed by atoms with Crippen LogP contribution >= 0.6 is 0 Å². The van der Waals surface area contributed by atoms with Gasteiger partial charge in [0.05, 0.1) is 12.3 Å². The number of likely N-dealkylation sites (tertiary alicyclic amines) is 1. The first-order valence-electron chi connectivity index (χ1n) is 12.6. The summed E-state index contributed by atoms with van der Waals surface area (Å²) in [5.74, 6) is -0.700. The van der Waals surface area contributed by atoms with Crippen molar-refractivity contribution in [1.29, 1.82) is 0 Å². The van der Waals surface area contributed by atoms with Gasteiger partial charge in [-0.15, -0.1) is 0 Å². The van der Waals surface area contributed by atoms with Crippen LogP contribution < -0.4 is 0 Å². The number of hydrogen-bond acceptors (Lipinski definition) is 5. The molecule has 4 heterocycles. The van der Waals surface area contributed by atoms with E-state index in [9.17, 15) is 13.6 Å². The minimum Gasteiger partial charge on any atom is -0.306 e. The predicted octanol–water partition coefficient (Wildman–Crippen LogP) is 4.74. The minimum atomic E-state index is -0.500. The lowest BCUT2D eigenvalue weighted by atomic mass is 9.82. The molecule has 0 saturated carbocycles. The average molecular weight is 500 g/mol. The molecule has 2 atom stereocenters. The molecule has 0 radical (unpaired) electrons. The molecule has 6 nitrogen and oxygen atoms in total. The van der Waals surface area contributed by atoms with Crippen molar-refractivity contribution >= 4 is 17.1 Å². The Labute approximate surface area is 213 Å². The summed E-state index contributed by atoms with van der Waals surface area (Å²) in [6, 6.07) is 13.7. The van der Waals surface area contributed by atoms with Crippen molar-refractivity contribution < 1.29 is 13.6 Å². The van der Waals surface area contributed by atoms with Gasteiger partial charge in [0.2, 0.25) is 0 Å². The maximum Gasteiger partial charge on any atom is 0.163 e. The first-order valence-corrected chi connectivity index (χ1v) is 12.6. The molecular formula is C29H27F2N5O. The van der Waals surface area contributed by atoms with Crippen molar-refractivity contribution in [2.24, 2.45) is 16.8 Å². The Morgan fingerprint density at radius 3 is 2.70 bits per heavy atom. The number of benzene rings is 2. The Kier molecular flexibility index (Phi) is 6.12. The number of pyridine rings is 1. The molecule has 2 aromatic heterocycles. The highest BCUT2D eigenvalue weighted by molar-refractivity contribution is 6.16. The topological polar surface area (TPSA) is 62.9 Å². The van der Waals surface area contributed by atoms with Crippen LogP contribution in [0.3, 0.4) is 0 Å². The van der Waals surface area contributed by atoms with Gasteiger partial charge in [0.1, 0.15) is 18.0 Å². The lowest BCUT2D eigenvalue weighted by Crippen LogP contribution is -2.39. The quantitative estimate of drug-likeness (QED) is 0.360. The normalized spacial score (nSPS) is 19.7. The summed E-state index contributed by atoms with van der Waals surface area (Å²) in [4.78, 5) is 24.5. The van der Waals surface area contributed by atoms with Crippen molar-refractivity contribution in [3.63, 3.8) is 0 Å². The zero-order valence-corrected chi connectivity index (χ0v) is 20.6. The first kappa shape index (κ1) is 23.6. The molecule has 4 aromatic rings. The van der Waals surface area contributed by atoms with Crippen LogP contribution in [-0.2, 0) is 13.0 Å². The molecule has 0 spiro atoms. The Morgan fingerprint density at radius 2 is 1.86 bits per heavy atom. The van der Waals surface area contributed by atoms with Crippen molar-refractivity contribution in [2.75, 3.05) is 20.1 Å². The maximum absolute atomic E-state index is 14.2. The average Bonchev–Trinajstić information content (AvgIpc) is 3.52. The number of ketones is 1. The second-order valence-electron chi connectivity index (χ2n) is 10.2. The van der Waals surface area contributed by atoms with E-state index >= 15 is 0 Å². The summed E-state index contributed by atoms with van der Waals surface area (Å²) in [6.07, 6.45) is 4.87. The van der Waals surface area contributed by atoms with Gasteiger partial charge < -0.3 is 4.90 Å². The van der Waals surface area contributed by atoms with Crippen molar-refractivity contribution in [2.45, 2.75) is 25.8 Å². The van der Waals surface area contributed by atoms with Gasteiger partial charge in [-0.3, -0.25) is 9.79 Å². The van der Waals surface area contributed by atoms with Crippen LogP contribution in [0, 0.1) is 23.5 Å². The summed E-state index contributed by atoms with van der Waals surface area (Å²) >= 11 is 0. The Balaban J connectivity index is 1.18.